The molecule has 0 bridgehead atoms. The highest BCUT2D eigenvalue weighted by molar-refractivity contribution is 5.34. The molecule has 3 nitrogen and oxygen atoms in total. The van der Waals surface area contributed by atoms with Gasteiger partial charge in [-0.3, -0.25) is 4.98 Å². The van der Waals surface area contributed by atoms with E-state index in [9.17, 15) is 0 Å². The second-order valence-electron chi connectivity index (χ2n) is 5.26. The smallest absolute Gasteiger partial charge is 0.145 e. The van der Waals surface area contributed by atoms with Crippen molar-refractivity contribution in [3.8, 4) is 0 Å². The summed E-state index contributed by atoms with van der Waals surface area (Å²) in [4.78, 5) is 8.89. The van der Waals surface area contributed by atoms with E-state index in [1.54, 1.807) is 0 Å². The van der Waals surface area contributed by atoms with Gasteiger partial charge >= 0.3 is 0 Å². The number of hydrogen-bond acceptors (Lipinski definition) is 3. The molecule has 0 aromatic carbocycles. The van der Waals surface area contributed by atoms with Gasteiger partial charge < -0.3 is 5.32 Å². The summed E-state index contributed by atoms with van der Waals surface area (Å²) in [6.45, 7) is 6.28. The fourth-order valence-electron chi connectivity index (χ4n) is 2.60. The third-order valence-corrected chi connectivity index (χ3v) is 3.92. The van der Waals surface area contributed by atoms with Crippen LogP contribution in [0.25, 0.3) is 0 Å². The second kappa shape index (κ2) is 5.48. The van der Waals surface area contributed by atoms with E-state index in [0.717, 1.165) is 23.1 Å². The van der Waals surface area contributed by atoms with E-state index in [-0.39, 0.29) is 0 Å². The number of aryl methyl sites for hydroxylation is 2. The molecule has 2 rings (SSSR count). The van der Waals surface area contributed by atoms with Gasteiger partial charge in [-0.05, 0) is 39.5 Å². The molecule has 1 aliphatic carbocycles. The molecule has 1 atom stereocenters. The largest absolute Gasteiger partial charge is 0.366 e. The van der Waals surface area contributed by atoms with Gasteiger partial charge in [0.05, 0.1) is 17.6 Å². The monoisotopic (exact) mass is 233 g/mol. The molecule has 1 aromatic rings. The number of hydrogen-bond donors (Lipinski definition) is 1. The van der Waals surface area contributed by atoms with Gasteiger partial charge in [0, 0.05) is 6.04 Å². The van der Waals surface area contributed by atoms with Crippen LogP contribution in [0.2, 0.25) is 0 Å². The van der Waals surface area contributed by atoms with Crippen molar-refractivity contribution < 1.29 is 0 Å². The Kier molecular flexibility index (Phi) is 3.97. The standard InChI is InChI=1S/C14H23N3/c1-10-11(2)16-14(9-15-10)17-12(3)13-7-5-4-6-8-13/h9,12-13H,4-8H2,1-3H3,(H,16,17). The first-order chi connectivity index (χ1) is 8.16. The Balaban J connectivity index is 1.96. The van der Waals surface area contributed by atoms with Crippen LogP contribution in [0.3, 0.4) is 0 Å². The van der Waals surface area contributed by atoms with Crippen molar-refractivity contribution in [2.24, 2.45) is 5.92 Å². The van der Waals surface area contributed by atoms with E-state index < -0.39 is 0 Å². The van der Waals surface area contributed by atoms with E-state index in [0.29, 0.717) is 6.04 Å². The summed E-state index contributed by atoms with van der Waals surface area (Å²) in [6, 6.07) is 0.506. The fourth-order valence-corrected chi connectivity index (χ4v) is 2.60. The minimum absolute atomic E-state index is 0.506. The van der Waals surface area contributed by atoms with Crippen LogP contribution in [-0.4, -0.2) is 16.0 Å². The zero-order valence-corrected chi connectivity index (χ0v) is 11.2. The molecule has 0 aliphatic heterocycles. The minimum atomic E-state index is 0.506. The number of rotatable bonds is 3. The van der Waals surface area contributed by atoms with Gasteiger partial charge in [-0.2, -0.15) is 0 Å². The Morgan fingerprint density at radius 2 is 1.88 bits per heavy atom. The number of nitrogens with one attached hydrogen (secondary N) is 1. The lowest BCUT2D eigenvalue weighted by Crippen LogP contribution is -2.28. The molecule has 94 valence electrons. The molecular weight excluding hydrogens is 210 g/mol. The van der Waals surface area contributed by atoms with Crippen molar-refractivity contribution in [3.63, 3.8) is 0 Å². The van der Waals surface area contributed by atoms with Crippen molar-refractivity contribution in [1.82, 2.24) is 9.97 Å². The van der Waals surface area contributed by atoms with Crippen LogP contribution in [0.5, 0.6) is 0 Å². The average Bonchev–Trinajstić information content (AvgIpc) is 2.35. The Labute approximate surface area is 104 Å². The van der Waals surface area contributed by atoms with E-state index >= 15 is 0 Å². The van der Waals surface area contributed by atoms with Gasteiger partial charge in [0.15, 0.2) is 0 Å². The third kappa shape index (κ3) is 3.18. The zero-order valence-electron chi connectivity index (χ0n) is 11.2. The molecule has 1 fully saturated rings. The lowest BCUT2D eigenvalue weighted by Gasteiger charge is -2.28. The first-order valence-corrected chi connectivity index (χ1v) is 6.73. The van der Waals surface area contributed by atoms with E-state index in [1.165, 1.54) is 32.1 Å². The predicted octanol–water partition coefficient (Wildman–Crippen LogP) is 3.47. The number of nitrogens with zero attached hydrogens (tertiary/aromatic N) is 2. The molecule has 3 heteroatoms. The predicted molar refractivity (Wildman–Crippen MR) is 71.2 cm³/mol. The molecular formula is C14H23N3. The molecule has 1 aromatic heterocycles. The van der Waals surface area contributed by atoms with Crippen LogP contribution in [0.1, 0.15) is 50.4 Å². The lowest BCUT2D eigenvalue weighted by atomic mass is 9.84. The molecule has 0 radical (unpaired) electrons. The van der Waals surface area contributed by atoms with Crippen LogP contribution in [0, 0.1) is 19.8 Å². The van der Waals surface area contributed by atoms with Gasteiger partial charge in [-0.1, -0.05) is 19.3 Å². The number of anilines is 1. The van der Waals surface area contributed by atoms with Crippen LogP contribution in [0.4, 0.5) is 5.82 Å². The summed E-state index contributed by atoms with van der Waals surface area (Å²) in [7, 11) is 0. The van der Waals surface area contributed by atoms with E-state index in [1.807, 2.05) is 20.0 Å². The molecule has 17 heavy (non-hydrogen) atoms. The molecule has 1 N–H and O–H groups in total. The molecule has 0 saturated heterocycles. The van der Waals surface area contributed by atoms with Crippen LogP contribution < -0.4 is 5.32 Å². The summed E-state index contributed by atoms with van der Waals surface area (Å²) in [5.74, 6) is 1.72. The Bertz CT molecular complexity index is 370. The highest BCUT2D eigenvalue weighted by Crippen LogP contribution is 2.27. The Hall–Kier alpha value is -1.12. The van der Waals surface area contributed by atoms with Crippen LogP contribution in [0.15, 0.2) is 6.20 Å². The molecule has 0 amide bonds. The normalized spacial score (nSPS) is 19.0. The van der Waals surface area contributed by atoms with Crippen molar-refractivity contribution in [2.75, 3.05) is 5.32 Å². The summed E-state index contributed by atoms with van der Waals surface area (Å²) < 4.78 is 0. The Morgan fingerprint density at radius 1 is 1.18 bits per heavy atom. The average molecular weight is 233 g/mol. The summed E-state index contributed by atoms with van der Waals surface area (Å²) in [5, 5.41) is 3.51. The van der Waals surface area contributed by atoms with Crippen molar-refractivity contribution in [1.29, 1.82) is 0 Å². The van der Waals surface area contributed by atoms with E-state index in [2.05, 4.69) is 22.2 Å². The summed E-state index contributed by atoms with van der Waals surface area (Å²) in [6.07, 6.45) is 8.73. The molecule has 1 aliphatic rings. The van der Waals surface area contributed by atoms with Gasteiger partial charge in [-0.15, -0.1) is 0 Å². The SMILES string of the molecule is Cc1ncc(NC(C)C2CCCCC2)nc1C. The van der Waals surface area contributed by atoms with Gasteiger partial charge in [0.1, 0.15) is 5.82 Å². The maximum atomic E-state index is 4.53. The highest BCUT2D eigenvalue weighted by Gasteiger charge is 2.20. The molecule has 0 spiro atoms. The van der Waals surface area contributed by atoms with Gasteiger partial charge in [-0.25, -0.2) is 4.98 Å². The second-order valence-corrected chi connectivity index (χ2v) is 5.26. The Morgan fingerprint density at radius 3 is 2.53 bits per heavy atom. The third-order valence-electron chi connectivity index (χ3n) is 3.92. The van der Waals surface area contributed by atoms with Crippen molar-refractivity contribution in [3.05, 3.63) is 17.6 Å². The van der Waals surface area contributed by atoms with Crippen molar-refractivity contribution >= 4 is 5.82 Å². The maximum Gasteiger partial charge on any atom is 0.145 e. The summed E-state index contributed by atoms with van der Waals surface area (Å²) in [5.41, 5.74) is 2.03. The molecule has 1 unspecified atom stereocenters. The number of aromatic nitrogens is 2. The summed E-state index contributed by atoms with van der Waals surface area (Å²) >= 11 is 0. The molecule has 1 saturated carbocycles. The van der Waals surface area contributed by atoms with Gasteiger partial charge in [0.2, 0.25) is 0 Å². The first-order valence-electron chi connectivity index (χ1n) is 6.73. The lowest BCUT2D eigenvalue weighted by molar-refractivity contribution is 0.328. The first kappa shape index (κ1) is 12.3. The quantitative estimate of drug-likeness (QED) is 0.868. The van der Waals surface area contributed by atoms with Gasteiger partial charge in [0.25, 0.3) is 0 Å². The fraction of sp³-hybridized carbons (Fsp3) is 0.714. The molecule has 1 heterocycles. The minimum Gasteiger partial charge on any atom is -0.366 e. The van der Waals surface area contributed by atoms with Crippen molar-refractivity contribution in [2.45, 2.75) is 58.9 Å². The maximum absolute atomic E-state index is 4.53. The van der Waals surface area contributed by atoms with Crippen LogP contribution >= 0.6 is 0 Å². The van der Waals surface area contributed by atoms with E-state index in [4.69, 9.17) is 0 Å². The van der Waals surface area contributed by atoms with Crippen LogP contribution in [-0.2, 0) is 0 Å². The highest BCUT2D eigenvalue weighted by atomic mass is 15.0. The topological polar surface area (TPSA) is 37.8 Å². The zero-order chi connectivity index (χ0) is 12.3.